The van der Waals surface area contributed by atoms with Crippen LogP contribution in [0.2, 0.25) is 10.0 Å². The molecule has 0 aliphatic carbocycles. The first kappa shape index (κ1) is 21.6. The maximum absolute atomic E-state index is 12.2. The number of esters is 1. The molecule has 1 unspecified atom stereocenters. The van der Waals surface area contributed by atoms with Crippen molar-refractivity contribution in [3.05, 3.63) is 99.4 Å². The molecule has 3 aromatic carbocycles. The molecule has 4 rings (SSSR count). The Morgan fingerprint density at radius 2 is 1.75 bits per heavy atom. The van der Waals surface area contributed by atoms with Gasteiger partial charge in [0.15, 0.2) is 6.61 Å². The summed E-state index contributed by atoms with van der Waals surface area (Å²) in [6.45, 7) is -0.329. The number of nitrogens with zero attached hydrogens (tertiary/aromatic N) is 1. The summed E-state index contributed by atoms with van der Waals surface area (Å²) in [4.78, 5) is 12.2. The predicted molar refractivity (Wildman–Crippen MR) is 120 cm³/mol. The minimum Gasteiger partial charge on any atom is -0.480 e. The van der Waals surface area contributed by atoms with Crippen LogP contribution < -0.4 is 19.9 Å². The van der Waals surface area contributed by atoms with Crippen LogP contribution in [-0.2, 0) is 4.79 Å². The maximum atomic E-state index is 12.2. The number of hydrogen-bond acceptors (Lipinski definition) is 6. The summed E-state index contributed by atoms with van der Waals surface area (Å²) in [7, 11) is 0. The molecule has 0 saturated heterocycles. The van der Waals surface area contributed by atoms with Gasteiger partial charge in [-0.15, -0.1) is 0 Å². The second kappa shape index (κ2) is 9.23. The van der Waals surface area contributed by atoms with Crippen LogP contribution >= 0.6 is 23.2 Å². The Labute approximate surface area is 194 Å². The van der Waals surface area contributed by atoms with E-state index < -0.39 is 11.9 Å². The average Bonchev–Trinajstić information content (AvgIpc) is 2.78. The number of benzene rings is 3. The molecule has 0 spiro atoms. The number of halogens is 2. The molecule has 1 atom stereocenters. The minimum absolute atomic E-state index is 0.0320. The van der Waals surface area contributed by atoms with Gasteiger partial charge in [-0.1, -0.05) is 59.6 Å². The molecule has 0 radical (unpaired) electrons. The van der Waals surface area contributed by atoms with Crippen LogP contribution in [-0.4, -0.2) is 12.6 Å². The molecule has 6 nitrogen and oxygen atoms in total. The van der Waals surface area contributed by atoms with Crippen LogP contribution in [0.4, 0.5) is 0 Å². The summed E-state index contributed by atoms with van der Waals surface area (Å²) in [6, 6.07) is 21.0. The zero-order valence-corrected chi connectivity index (χ0v) is 18.1. The lowest BCUT2D eigenvalue weighted by molar-refractivity contribution is -0.136. The monoisotopic (exact) mass is 466 g/mol. The molecule has 32 heavy (non-hydrogen) atoms. The third-order valence-electron chi connectivity index (χ3n) is 4.82. The summed E-state index contributed by atoms with van der Waals surface area (Å²) in [6.07, 6.45) is 0. The highest BCUT2D eigenvalue weighted by molar-refractivity contribution is 6.32. The Balaban J connectivity index is 1.57. The van der Waals surface area contributed by atoms with Gasteiger partial charge < -0.3 is 19.9 Å². The van der Waals surface area contributed by atoms with Gasteiger partial charge in [-0.05, 0) is 29.8 Å². The van der Waals surface area contributed by atoms with Crippen molar-refractivity contribution in [1.82, 2.24) is 0 Å². The summed E-state index contributed by atoms with van der Waals surface area (Å²) in [5.41, 5.74) is 7.66. The standard InChI is InChI=1S/C24H16Cl2N2O4/c25-18-6-2-1-5-15(18)23-16-10-9-14(11-21(16)32-24(28)17(23)12-27)31-22(29)13-30-20-8-4-3-7-19(20)26/h1-11,23H,13,28H2. The van der Waals surface area contributed by atoms with E-state index in [1.54, 1.807) is 48.5 Å². The lowest BCUT2D eigenvalue weighted by Crippen LogP contribution is -2.22. The first-order chi connectivity index (χ1) is 15.5. The van der Waals surface area contributed by atoms with Crippen molar-refractivity contribution in [3.8, 4) is 23.3 Å². The highest BCUT2D eigenvalue weighted by Crippen LogP contribution is 2.45. The summed E-state index contributed by atoms with van der Waals surface area (Å²) >= 11 is 12.4. The van der Waals surface area contributed by atoms with Crippen LogP contribution in [0.1, 0.15) is 17.0 Å². The van der Waals surface area contributed by atoms with Gasteiger partial charge in [0.05, 0.1) is 10.9 Å². The van der Waals surface area contributed by atoms with Gasteiger partial charge in [0.25, 0.3) is 0 Å². The molecular weight excluding hydrogens is 451 g/mol. The van der Waals surface area contributed by atoms with Crippen molar-refractivity contribution in [2.45, 2.75) is 5.92 Å². The quantitative estimate of drug-likeness (QED) is 0.410. The van der Waals surface area contributed by atoms with E-state index >= 15 is 0 Å². The van der Waals surface area contributed by atoms with E-state index in [0.29, 0.717) is 27.1 Å². The van der Waals surface area contributed by atoms with Crippen LogP contribution in [0, 0.1) is 11.3 Å². The van der Waals surface area contributed by atoms with Crippen molar-refractivity contribution >= 4 is 29.2 Å². The van der Waals surface area contributed by atoms with E-state index in [2.05, 4.69) is 6.07 Å². The molecule has 3 aromatic rings. The van der Waals surface area contributed by atoms with Crippen LogP contribution in [0.25, 0.3) is 0 Å². The van der Waals surface area contributed by atoms with Gasteiger partial charge in [0, 0.05) is 16.7 Å². The lowest BCUT2D eigenvalue weighted by atomic mass is 9.83. The van der Waals surface area contributed by atoms with Gasteiger partial charge in [-0.3, -0.25) is 0 Å². The second-order valence-electron chi connectivity index (χ2n) is 6.84. The number of allylic oxidation sites excluding steroid dienone is 1. The van der Waals surface area contributed by atoms with Gasteiger partial charge in [0.1, 0.15) is 28.9 Å². The minimum atomic E-state index is -0.621. The number of para-hydroxylation sites is 1. The van der Waals surface area contributed by atoms with Gasteiger partial charge >= 0.3 is 5.97 Å². The van der Waals surface area contributed by atoms with E-state index in [1.807, 2.05) is 12.1 Å². The van der Waals surface area contributed by atoms with Crippen molar-refractivity contribution in [2.24, 2.45) is 5.73 Å². The van der Waals surface area contributed by atoms with Crippen molar-refractivity contribution in [2.75, 3.05) is 6.61 Å². The number of fused-ring (bicyclic) bond motifs is 1. The van der Waals surface area contributed by atoms with Crippen molar-refractivity contribution in [3.63, 3.8) is 0 Å². The first-order valence-electron chi connectivity index (χ1n) is 9.52. The molecule has 1 aliphatic rings. The molecule has 0 saturated carbocycles. The Bertz CT molecular complexity index is 1270. The lowest BCUT2D eigenvalue weighted by Gasteiger charge is -2.27. The average molecular weight is 467 g/mol. The highest BCUT2D eigenvalue weighted by Gasteiger charge is 2.32. The number of carbonyl (C=O) groups is 1. The zero-order valence-electron chi connectivity index (χ0n) is 16.5. The normalized spacial score (nSPS) is 14.7. The fraction of sp³-hybridized carbons (Fsp3) is 0.0833. The molecule has 1 aliphatic heterocycles. The smallest absolute Gasteiger partial charge is 0.349 e. The largest absolute Gasteiger partial charge is 0.480 e. The molecule has 160 valence electrons. The van der Waals surface area contributed by atoms with Crippen molar-refractivity contribution in [1.29, 1.82) is 5.26 Å². The van der Waals surface area contributed by atoms with E-state index in [4.69, 9.17) is 43.1 Å². The molecule has 0 aromatic heterocycles. The van der Waals surface area contributed by atoms with E-state index in [0.717, 1.165) is 5.56 Å². The van der Waals surface area contributed by atoms with E-state index in [9.17, 15) is 10.1 Å². The number of rotatable bonds is 5. The van der Waals surface area contributed by atoms with Crippen LogP contribution in [0.15, 0.2) is 78.2 Å². The van der Waals surface area contributed by atoms with Crippen LogP contribution in [0.3, 0.4) is 0 Å². The topological polar surface area (TPSA) is 94.6 Å². The molecule has 8 heteroatoms. The summed E-state index contributed by atoms with van der Waals surface area (Å²) < 4.78 is 16.4. The molecular formula is C24H16Cl2N2O4. The fourth-order valence-corrected chi connectivity index (χ4v) is 3.82. The Morgan fingerprint density at radius 1 is 1.03 bits per heavy atom. The number of nitrogens with two attached hydrogens (primary N) is 1. The van der Waals surface area contributed by atoms with E-state index in [1.165, 1.54) is 6.07 Å². The van der Waals surface area contributed by atoms with E-state index in [-0.39, 0.29) is 23.8 Å². The van der Waals surface area contributed by atoms with Crippen LogP contribution in [0.5, 0.6) is 17.2 Å². The Kier molecular flexibility index (Phi) is 6.22. The highest BCUT2D eigenvalue weighted by atomic mass is 35.5. The zero-order chi connectivity index (χ0) is 22.7. The van der Waals surface area contributed by atoms with Gasteiger partial charge in [0.2, 0.25) is 5.88 Å². The third kappa shape index (κ3) is 4.35. The van der Waals surface area contributed by atoms with Gasteiger partial charge in [-0.25, -0.2) is 4.79 Å². The first-order valence-corrected chi connectivity index (χ1v) is 10.3. The van der Waals surface area contributed by atoms with Gasteiger partial charge in [-0.2, -0.15) is 5.26 Å². The third-order valence-corrected chi connectivity index (χ3v) is 5.48. The fourth-order valence-electron chi connectivity index (χ4n) is 3.39. The molecule has 0 bridgehead atoms. The summed E-state index contributed by atoms with van der Waals surface area (Å²) in [5, 5.41) is 10.5. The number of ether oxygens (including phenoxy) is 3. The SMILES string of the molecule is N#CC1=C(N)Oc2cc(OC(=O)COc3ccccc3Cl)ccc2C1c1ccccc1Cl. The number of carbonyl (C=O) groups excluding carboxylic acids is 1. The Hall–Kier alpha value is -3.66. The predicted octanol–water partition coefficient (Wildman–Crippen LogP) is 5.20. The maximum Gasteiger partial charge on any atom is 0.349 e. The molecule has 0 fully saturated rings. The molecule has 0 amide bonds. The number of hydrogen-bond donors (Lipinski definition) is 1. The second-order valence-corrected chi connectivity index (χ2v) is 7.65. The number of nitriles is 1. The molecule has 1 heterocycles. The Morgan fingerprint density at radius 3 is 2.47 bits per heavy atom. The molecule has 2 N–H and O–H groups in total. The summed E-state index contributed by atoms with van der Waals surface area (Å²) in [5.74, 6) is -0.179. The van der Waals surface area contributed by atoms with Crippen molar-refractivity contribution < 1.29 is 19.0 Å².